The lowest BCUT2D eigenvalue weighted by molar-refractivity contribution is -0.121. The first kappa shape index (κ1) is 16.0. The van der Waals surface area contributed by atoms with Crippen LogP contribution in [0.2, 0.25) is 5.02 Å². The number of carboxylic acids is 1. The first-order chi connectivity index (χ1) is 10.6. The van der Waals surface area contributed by atoms with Crippen LogP contribution in [0, 0.1) is 0 Å². The standard InChI is InChI=1S/C16H14ClNO4/c17-14-7-6-12(8-13(14)16(20)21)18-15(19)10-22-9-11-4-2-1-3-5-11/h1-8H,9-10H2,(H,18,19)(H,20,21). The first-order valence-electron chi connectivity index (χ1n) is 6.50. The lowest BCUT2D eigenvalue weighted by atomic mass is 10.2. The van der Waals surface area contributed by atoms with Crippen LogP contribution in [0.4, 0.5) is 5.69 Å². The van der Waals surface area contributed by atoms with Gasteiger partial charge in [-0.2, -0.15) is 0 Å². The number of anilines is 1. The summed E-state index contributed by atoms with van der Waals surface area (Å²) in [4.78, 5) is 22.7. The summed E-state index contributed by atoms with van der Waals surface area (Å²) in [6.45, 7) is 0.204. The summed E-state index contributed by atoms with van der Waals surface area (Å²) in [5, 5.41) is 11.7. The third-order valence-corrected chi connectivity index (χ3v) is 3.15. The molecular formula is C16H14ClNO4. The van der Waals surface area contributed by atoms with Crippen LogP contribution in [0.1, 0.15) is 15.9 Å². The minimum absolute atomic E-state index is 0.0651. The predicted octanol–water partition coefficient (Wildman–Crippen LogP) is 3.19. The van der Waals surface area contributed by atoms with Crippen molar-refractivity contribution in [3.05, 3.63) is 64.7 Å². The third-order valence-electron chi connectivity index (χ3n) is 2.83. The summed E-state index contributed by atoms with van der Waals surface area (Å²) < 4.78 is 5.30. The van der Waals surface area contributed by atoms with E-state index >= 15 is 0 Å². The van der Waals surface area contributed by atoms with Gasteiger partial charge in [-0.1, -0.05) is 41.9 Å². The van der Waals surface area contributed by atoms with E-state index < -0.39 is 5.97 Å². The van der Waals surface area contributed by atoms with Crippen molar-refractivity contribution in [2.45, 2.75) is 6.61 Å². The number of halogens is 1. The molecule has 2 aromatic rings. The number of carboxylic acid groups (broad SMARTS) is 1. The summed E-state index contributed by atoms with van der Waals surface area (Å²) in [5.74, 6) is -1.52. The second-order valence-electron chi connectivity index (χ2n) is 4.53. The van der Waals surface area contributed by atoms with Gasteiger partial charge >= 0.3 is 5.97 Å². The second kappa shape index (κ2) is 7.59. The van der Waals surface area contributed by atoms with Gasteiger partial charge in [0.1, 0.15) is 6.61 Å². The zero-order valence-electron chi connectivity index (χ0n) is 11.6. The molecule has 0 saturated heterocycles. The molecule has 1 amide bonds. The van der Waals surface area contributed by atoms with Crippen molar-refractivity contribution < 1.29 is 19.4 Å². The molecule has 0 spiro atoms. The maximum Gasteiger partial charge on any atom is 0.337 e. The molecule has 2 N–H and O–H groups in total. The fourth-order valence-corrected chi connectivity index (χ4v) is 2.00. The zero-order valence-corrected chi connectivity index (χ0v) is 12.3. The Morgan fingerprint density at radius 2 is 1.86 bits per heavy atom. The average Bonchev–Trinajstić information content (AvgIpc) is 2.50. The molecule has 22 heavy (non-hydrogen) atoms. The Morgan fingerprint density at radius 1 is 1.14 bits per heavy atom. The molecule has 0 aromatic heterocycles. The maximum atomic E-state index is 11.8. The van der Waals surface area contributed by atoms with Gasteiger partial charge in [0.2, 0.25) is 5.91 Å². The number of hydrogen-bond donors (Lipinski definition) is 2. The number of ether oxygens (including phenoxy) is 1. The van der Waals surface area contributed by atoms with E-state index in [4.69, 9.17) is 21.4 Å². The molecular weight excluding hydrogens is 306 g/mol. The van der Waals surface area contributed by atoms with Gasteiger partial charge in [0, 0.05) is 5.69 Å². The molecule has 0 heterocycles. The Bertz CT molecular complexity index is 673. The minimum atomic E-state index is -1.15. The van der Waals surface area contributed by atoms with Gasteiger partial charge in [-0.25, -0.2) is 4.79 Å². The number of rotatable bonds is 6. The smallest absolute Gasteiger partial charge is 0.337 e. The van der Waals surface area contributed by atoms with Gasteiger partial charge in [0.15, 0.2) is 0 Å². The van der Waals surface area contributed by atoms with Crippen LogP contribution in [-0.4, -0.2) is 23.6 Å². The highest BCUT2D eigenvalue weighted by atomic mass is 35.5. The maximum absolute atomic E-state index is 11.8. The number of benzene rings is 2. The van der Waals surface area contributed by atoms with E-state index in [1.54, 1.807) is 0 Å². The third kappa shape index (κ3) is 4.58. The fourth-order valence-electron chi connectivity index (χ4n) is 1.80. The van der Waals surface area contributed by atoms with Crippen LogP contribution in [0.3, 0.4) is 0 Å². The SMILES string of the molecule is O=C(COCc1ccccc1)Nc1ccc(Cl)c(C(=O)O)c1. The van der Waals surface area contributed by atoms with Crippen LogP contribution in [0.15, 0.2) is 48.5 Å². The number of aromatic carboxylic acids is 1. The molecule has 0 unspecified atom stereocenters. The van der Waals surface area contributed by atoms with Gasteiger partial charge in [-0.05, 0) is 23.8 Å². The summed E-state index contributed by atoms with van der Waals surface area (Å²) in [7, 11) is 0. The topological polar surface area (TPSA) is 75.6 Å². The molecule has 6 heteroatoms. The minimum Gasteiger partial charge on any atom is -0.478 e. The van der Waals surface area contributed by atoms with Gasteiger partial charge < -0.3 is 15.2 Å². The van der Waals surface area contributed by atoms with Gasteiger partial charge in [0.05, 0.1) is 17.2 Å². The highest BCUT2D eigenvalue weighted by Crippen LogP contribution is 2.20. The number of carbonyl (C=O) groups is 2. The van der Waals surface area contributed by atoms with Crippen LogP contribution >= 0.6 is 11.6 Å². The molecule has 2 rings (SSSR count). The summed E-state index contributed by atoms with van der Waals surface area (Å²) in [5.41, 5.74) is 1.26. The van der Waals surface area contributed by atoms with E-state index in [1.165, 1.54) is 18.2 Å². The quantitative estimate of drug-likeness (QED) is 0.857. The Labute approximate surface area is 132 Å². The van der Waals surface area contributed by atoms with E-state index in [1.807, 2.05) is 30.3 Å². The van der Waals surface area contributed by atoms with E-state index in [9.17, 15) is 9.59 Å². The molecule has 2 aromatic carbocycles. The van der Waals surface area contributed by atoms with Gasteiger partial charge in [0.25, 0.3) is 0 Å². The molecule has 0 aliphatic heterocycles. The van der Waals surface area contributed by atoms with Crippen molar-refractivity contribution in [2.24, 2.45) is 0 Å². The molecule has 5 nitrogen and oxygen atoms in total. The van der Waals surface area contributed by atoms with Crippen LogP contribution < -0.4 is 5.32 Å². The van der Waals surface area contributed by atoms with Gasteiger partial charge in [-0.3, -0.25) is 4.79 Å². The normalized spacial score (nSPS) is 10.2. The van der Waals surface area contributed by atoms with Crippen molar-refractivity contribution in [1.82, 2.24) is 0 Å². The van der Waals surface area contributed by atoms with E-state index in [2.05, 4.69) is 5.32 Å². The van der Waals surface area contributed by atoms with Crippen molar-refractivity contribution in [3.8, 4) is 0 Å². The molecule has 0 atom stereocenters. The number of amides is 1. The monoisotopic (exact) mass is 319 g/mol. The highest BCUT2D eigenvalue weighted by Gasteiger charge is 2.11. The molecule has 0 bridgehead atoms. The number of hydrogen-bond acceptors (Lipinski definition) is 3. The Hall–Kier alpha value is -2.37. The second-order valence-corrected chi connectivity index (χ2v) is 4.93. The Morgan fingerprint density at radius 3 is 2.55 bits per heavy atom. The Kier molecular flexibility index (Phi) is 5.52. The van der Waals surface area contributed by atoms with Crippen molar-refractivity contribution in [3.63, 3.8) is 0 Å². The summed E-state index contributed by atoms with van der Waals surface area (Å²) in [6.07, 6.45) is 0. The summed E-state index contributed by atoms with van der Waals surface area (Å²) in [6, 6.07) is 13.7. The van der Waals surface area contributed by atoms with E-state index in [0.717, 1.165) is 5.56 Å². The van der Waals surface area contributed by atoms with Crippen LogP contribution in [-0.2, 0) is 16.1 Å². The predicted molar refractivity (Wildman–Crippen MR) is 83.1 cm³/mol. The Balaban J connectivity index is 1.87. The lowest BCUT2D eigenvalue weighted by Gasteiger charge is -2.08. The first-order valence-corrected chi connectivity index (χ1v) is 6.88. The average molecular weight is 320 g/mol. The zero-order chi connectivity index (χ0) is 15.9. The van der Waals surface area contributed by atoms with Crippen molar-refractivity contribution in [1.29, 1.82) is 0 Å². The van der Waals surface area contributed by atoms with Crippen molar-refractivity contribution >= 4 is 29.2 Å². The molecule has 0 aliphatic carbocycles. The fraction of sp³-hybridized carbons (Fsp3) is 0.125. The van der Waals surface area contributed by atoms with E-state index in [0.29, 0.717) is 12.3 Å². The number of nitrogens with one attached hydrogen (secondary N) is 1. The summed E-state index contributed by atoms with van der Waals surface area (Å²) >= 11 is 5.76. The highest BCUT2D eigenvalue weighted by molar-refractivity contribution is 6.33. The molecule has 0 fully saturated rings. The van der Waals surface area contributed by atoms with Gasteiger partial charge in [-0.15, -0.1) is 0 Å². The van der Waals surface area contributed by atoms with Crippen LogP contribution in [0.25, 0.3) is 0 Å². The van der Waals surface area contributed by atoms with E-state index in [-0.39, 0.29) is 23.1 Å². The van der Waals surface area contributed by atoms with Crippen LogP contribution in [0.5, 0.6) is 0 Å². The molecule has 0 saturated carbocycles. The lowest BCUT2D eigenvalue weighted by Crippen LogP contribution is -2.18. The molecule has 0 aliphatic rings. The largest absolute Gasteiger partial charge is 0.478 e. The molecule has 114 valence electrons. The number of carbonyl (C=O) groups excluding carboxylic acids is 1. The molecule has 0 radical (unpaired) electrons. The van der Waals surface area contributed by atoms with Crippen molar-refractivity contribution in [2.75, 3.05) is 11.9 Å².